The molecule has 0 N–H and O–H groups in total. The summed E-state index contributed by atoms with van der Waals surface area (Å²) in [5.74, 6) is 0.232. The number of hydrogen-bond acceptors (Lipinski definition) is 6. The van der Waals surface area contributed by atoms with E-state index in [9.17, 15) is 13.2 Å². The van der Waals surface area contributed by atoms with Gasteiger partial charge in [-0.2, -0.15) is 8.42 Å². The van der Waals surface area contributed by atoms with Gasteiger partial charge in [0.05, 0.1) is 19.1 Å². The summed E-state index contributed by atoms with van der Waals surface area (Å²) in [6, 6.07) is 8.67. The Morgan fingerprint density at radius 3 is 2.38 bits per heavy atom. The molecule has 1 heterocycles. The van der Waals surface area contributed by atoms with Crippen molar-refractivity contribution in [2.45, 2.75) is 46.7 Å². The van der Waals surface area contributed by atoms with Gasteiger partial charge in [-0.3, -0.25) is 4.79 Å². The van der Waals surface area contributed by atoms with Crippen molar-refractivity contribution < 1.29 is 21.8 Å². The van der Waals surface area contributed by atoms with Gasteiger partial charge in [0.15, 0.2) is 5.76 Å². The molecule has 1 aromatic heterocycles. The molecule has 0 aliphatic rings. The molecule has 1 atom stereocenters. The molecule has 2 rings (SSSR count). The molecule has 0 aliphatic carbocycles. The van der Waals surface area contributed by atoms with Crippen LogP contribution >= 0.6 is 0 Å². The molecule has 0 aliphatic heterocycles. The number of carbonyl (C=O) groups is 1. The minimum Gasteiger partial charge on any atom is -0.459 e. The Morgan fingerprint density at radius 1 is 1.17 bits per heavy atom. The van der Waals surface area contributed by atoms with Gasteiger partial charge in [0.1, 0.15) is 5.75 Å². The van der Waals surface area contributed by atoms with E-state index in [1.54, 1.807) is 23.1 Å². The van der Waals surface area contributed by atoms with Crippen molar-refractivity contribution >= 4 is 21.7 Å². The first-order valence-electron chi connectivity index (χ1n) is 9.81. The number of amides is 1. The molecular weight excluding hydrogens is 392 g/mol. The van der Waals surface area contributed by atoms with E-state index in [2.05, 4.69) is 4.90 Å². The zero-order chi connectivity index (χ0) is 21.6. The molecule has 0 saturated carbocycles. The van der Waals surface area contributed by atoms with Crippen LogP contribution < -0.4 is 9.08 Å². The van der Waals surface area contributed by atoms with E-state index >= 15 is 0 Å². The lowest BCUT2D eigenvalue weighted by molar-refractivity contribution is 0.0638. The van der Waals surface area contributed by atoms with Crippen LogP contribution in [0.4, 0.5) is 5.69 Å². The van der Waals surface area contributed by atoms with Crippen molar-refractivity contribution in [3.05, 3.63) is 47.9 Å². The van der Waals surface area contributed by atoms with Gasteiger partial charge >= 0.3 is 10.1 Å². The highest BCUT2D eigenvalue weighted by Crippen LogP contribution is 2.29. The van der Waals surface area contributed by atoms with Crippen molar-refractivity contribution in [2.24, 2.45) is 0 Å². The SMILES string of the molecule is CC[C@@H](C)N(Cc1ccc(N(CC)CC)cc1OS(C)(=O)=O)C(=O)c1ccco1. The Labute approximate surface area is 173 Å². The van der Waals surface area contributed by atoms with Crippen LogP contribution in [0.15, 0.2) is 41.0 Å². The third-order valence-corrected chi connectivity index (χ3v) is 5.36. The van der Waals surface area contributed by atoms with E-state index in [0.29, 0.717) is 5.56 Å². The predicted molar refractivity (Wildman–Crippen MR) is 114 cm³/mol. The molecule has 8 heteroatoms. The molecule has 0 fully saturated rings. The minimum absolute atomic E-state index is 0.0684. The first kappa shape index (κ1) is 22.8. The zero-order valence-corrected chi connectivity index (χ0v) is 18.5. The largest absolute Gasteiger partial charge is 0.459 e. The van der Waals surface area contributed by atoms with E-state index in [4.69, 9.17) is 8.60 Å². The minimum atomic E-state index is -3.72. The standard InChI is InChI=1S/C21H30N2O5S/c1-6-16(4)23(21(24)19-10-9-13-27-19)15-17-11-12-18(22(7-2)8-3)14-20(17)28-29(5,25)26/h9-14,16H,6-8,15H2,1-5H3/t16-/m1/s1. The first-order chi connectivity index (χ1) is 13.7. The van der Waals surface area contributed by atoms with Gasteiger partial charge in [-0.15, -0.1) is 0 Å². The summed E-state index contributed by atoms with van der Waals surface area (Å²) in [7, 11) is -3.72. The summed E-state index contributed by atoms with van der Waals surface area (Å²) < 4.78 is 34.2. The quantitative estimate of drug-likeness (QED) is 0.540. The Hall–Kier alpha value is -2.48. The Balaban J connectivity index is 2.45. The molecule has 7 nitrogen and oxygen atoms in total. The maximum Gasteiger partial charge on any atom is 0.306 e. The van der Waals surface area contributed by atoms with E-state index in [0.717, 1.165) is 31.5 Å². The number of rotatable bonds is 10. The predicted octanol–water partition coefficient (Wildman–Crippen LogP) is 3.91. The van der Waals surface area contributed by atoms with Gasteiger partial charge in [-0.05, 0) is 45.4 Å². The maximum atomic E-state index is 12.9. The lowest BCUT2D eigenvalue weighted by Crippen LogP contribution is -2.37. The zero-order valence-electron chi connectivity index (χ0n) is 17.7. The van der Waals surface area contributed by atoms with E-state index in [-0.39, 0.29) is 30.0 Å². The van der Waals surface area contributed by atoms with Gasteiger partial charge in [-0.25, -0.2) is 0 Å². The molecule has 29 heavy (non-hydrogen) atoms. The van der Waals surface area contributed by atoms with E-state index in [1.807, 2.05) is 39.8 Å². The number of anilines is 1. The molecule has 160 valence electrons. The van der Waals surface area contributed by atoms with Gasteiger partial charge in [-0.1, -0.05) is 13.0 Å². The monoisotopic (exact) mass is 422 g/mol. The number of furan rings is 1. The second-order valence-electron chi connectivity index (χ2n) is 6.92. The molecule has 0 unspecified atom stereocenters. The smallest absolute Gasteiger partial charge is 0.306 e. The van der Waals surface area contributed by atoms with Crippen molar-refractivity contribution in [3.63, 3.8) is 0 Å². The molecule has 1 amide bonds. The lowest BCUT2D eigenvalue weighted by Gasteiger charge is -2.29. The van der Waals surface area contributed by atoms with Gasteiger partial charge in [0.2, 0.25) is 0 Å². The van der Waals surface area contributed by atoms with E-state index in [1.165, 1.54) is 6.26 Å². The third-order valence-electron chi connectivity index (χ3n) is 4.88. The van der Waals surface area contributed by atoms with Crippen molar-refractivity contribution in [3.8, 4) is 5.75 Å². The fraction of sp³-hybridized carbons (Fsp3) is 0.476. The van der Waals surface area contributed by atoms with Crippen molar-refractivity contribution in [1.82, 2.24) is 4.90 Å². The number of benzene rings is 1. The highest BCUT2D eigenvalue weighted by molar-refractivity contribution is 7.86. The lowest BCUT2D eigenvalue weighted by atomic mass is 10.1. The fourth-order valence-electron chi connectivity index (χ4n) is 3.07. The van der Waals surface area contributed by atoms with Crippen molar-refractivity contribution in [2.75, 3.05) is 24.2 Å². The van der Waals surface area contributed by atoms with Crippen molar-refractivity contribution in [1.29, 1.82) is 0 Å². The normalized spacial score (nSPS) is 12.4. The molecule has 0 bridgehead atoms. The van der Waals surface area contributed by atoms with Crippen LogP contribution in [0.1, 0.15) is 50.2 Å². The average Bonchev–Trinajstić information content (AvgIpc) is 3.21. The molecular formula is C21H30N2O5S. The Bertz CT molecular complexity index is 905. The summed E-state index contributed by atoms with van der Waals surface area (Å²) in [5.41, 5.74) is 1.48. The summed E-state index contributed by atoms with van der Waals surface area (Å²) in [6.45, 7) is 9.77. The number of nitrogens with zero attached hydrogens (tertiary/aromatic N) is 2. The summed E-state index contributed by atoms with van der Waals surface area (Å²) >= 11 is 0. The molecule has 0 spiro atoms. The number of carbonyl (C=O) groups excluding carboxylic acids is 1. The van der Waals surface area contributed by atoms with Crippen LogP contribution in [0.3, 0.4) is 0 Å². The van der Waals surface area contributed by atoms with E-state index < -0.39 is 10.1 Å². The fourth-order valence-corrected chi connectivity index (χ4v) is 3.55. The summed E-state index contributed by atoms with van der Waals surface area (Å²) in [5, 5.41) is 0. The van der Waals surface area contributed by atoms with Crippen LogP contribution in [0, 0.1) is 0 Å². The molecule has 1 aromatic carbocycles. The average molecular weight is 423 g/mol. The van der Waals surface area contributed by atoms with Crippen LogP contribution in [0.25, 0.3) is 0 Å². The molecule has 0 saturated heterocycles. The van der Waals surface area contributed by atoms with Crippen LogP contribution in [-0.2, 0) is 16.7 Å². The first-order valence-corrected chi connectivity index (χ1v) is 11.6. The molecule has 2 aromatic rings. The van der Waals surface area contributed by atoms with Gasteiger partial charge < -0.3 is 18.4 Å². The van der Waals surface area contributed by atoms with Gasteiger partial charge in [0, 0.05) is 36.4 Å². The second-order valence-corrected chi connectivity index (χ2v) is 8.49. The van der Waals surface area contributed by atoms with Crippen LogP contribution in [0.2, 0.25) is 0 Å². The Kier molecular flexibility index (Phi) is 7.73. The van der Waals surface area contributed by atoms with Gasteiger partial charge in [0.25, 0.3) is 5.91 Å². The Morgan fingerprint density at radius 2 is 1.86 bits per heavy atom. The maximum absolute atomic E-state index is 12.9. The van der Waals surface area contributed by atoms with Crippen LogP contribution in [-0.4, -0.2) is 44.6 Å². The highest BCUT2D eigenvalue weighted by atomic mass is 32.2. The summed E-state index contributed by atoms with van der Waals surface area (Å²) in [4.78, 5) is 16.7. The highest BCUT2D eigenvalue weighted by Gasteiger charge is 2.25. The summed E-state index contributed by atoms with van der Waals surface area (Å²) in [6.07, 6.45) is 3.21. The topological polar surface area (TPSA) is 80.1 Å². The molecule has 0 radical (unpaired) electrons. The third kappa shape index (κ3) is 6.00. The van der Waals surface area contributed by atoms with Crippen LogP contribution in [0.5, 0.6) is 5.75 Å². The number of hydrogen-bond donors (Lipinski definition) is 0. The second kappa shape index (κ2) is 9.82.